The number of carbonyl (C=O) groups excluding carboxylic acids is 1. The molecule has 0 unspecified atom stereocenters. The number of carbonyl (C=O) groups is 1. The molecule has 0 aliphatic rings. The van der Waals surface area contributed by atoms with Crippen LogP contribution in [-0.4, -0.2) is 11.5 Å². The minimum absolute atomic E-state index is 0.0523. The molecule has 0 N–H and O–H groups in total. The lowest BCUT2D eigenvalue weighted by Crippen LogP contribution is -1.96. The van der Waals surface area contributed by atoms with Crippen molar-refractivity contribution in [2.24, 2.45) is 0 Å². The van der Waals surface area contributed by atoms with Crippen LogP contribution in [0.3, 0.4) is 0 Å². The molecule has 2 rings (SSSR count). The number of benzene rings is 2. The molecule has 26 heavy (non-hydrogen) atoms. The van der Waals surface area contributed by atoms with Gasteiger partial charge >= 0.3 is 0 Å². The molecule has 138 valence electrons. The van der Waals surface area contributed by atoms with Crippen molar-refractivity contribution in [3.63, 3.8) is 0 Å². The summed E-state index contributed by atoms with van der Waals surface area (Å²) in [5.41, 5.74) is 1.82. The fraction of sp³-hybridized carbons (Fsp3) is 0.348. The van der Waals surface area contributed by atoms with Gasteiger partial charge in [0.2, 0.25) is 0 Å². The average molecular weight is 478 g/mol. The third-order valence-electron chi connectivity index (χ3n) is 4.21. The number of rotatable bonds is 11. The Morgan fingerprint density at radius 2 is 1.65 bits per heavy atom. The zero-order valence-electron chi connectivity index (χ0n) is 15.4. The highest BCUT2D eigenvalue weighted by molar-refractivity contribution is 14.1. The highest BCUT2D eigenvalue weighted by Crippen LogP contribution is 2.21. The van der Waals surface area contributed by atoms with Crippen molar-refractivity contribution in [1.29, 1.82) is 0 Å². The van der Waals surface area contributed by atoms with Crippen LogP contribution >= 0.6 is 34.4 Å². The maximum atomic E-state index is 12.3. The van der Waals surface area contributed by atoms with Crippen molar-refractivity contribution in [1.82, 2.24) is 0 Å². The smallest absolute Gasteiger partial charge is 0.186 e. The Labute approximate surface area is 175 Å². The van der Waals surface area contributed by atoms with Crippen LogP contribution in [0.4, 0.5) is 0 Å². The number of unbranched alkanes of at least 4 members (excludes halogenated alkanes) is 5. The highest BCUT2D eigenvalue weighted by Gasteiger charge is 2.05. The molecule has 0 spiro atoms. The molecule has 0 fully saturated rings. The number of halogens is 1. The predicted octanol–water partition coefficient (Wildman–Crippen LogP) is 7.64. The van der Waals surface area contributed by atoms with E-state index in [2.05, 4.69) is 53.8 Å². The molecule has 3 heteroatoms. The summed E-state index contributed by atoms with van der Waals surface area (Å²) < 4.78 is 0.987. The van der Waals surface area contributed by atoms with E-state index in [1.54, 1.807) is 6.08 Å². The topological polar surface area (TPSA) is 17.1 Å². The molecule has 2 aromatic rings. The third-order valence-corrected chi connectivity index (χ3v) is 6.25. The van der Waals surface area contributed by atoms with Crippen LogP contribution in [0.1, 0.15) is 61.4 Å². The van der Waals surface area contributed by atoms with E-state index in [0.717, 1.165) is 14.7 Å². The normalized spacial score (nSPS) is 11.2. The van der Waals surface area contributed by atoms with E-state index in [-0.39, 0.29) is 5.78 Å². The Morgan fingerprint density at radius 1 is 0.962 bits per heavy atom. The summed E-state index contributed by atoms with van der Waals surface area (Å²) in [6.45, 7) is 2.26. The number of thioether (sulfide) groups is 1. The van der Waals surface area contributed by atoms with E-state index in [4.69, 9.17) is 0 Å². The highest BCUT2D eigenvalue weighted by atomic mass is 127. The zero-order valence-corrected chi connectivity index (χ0v) is 18.4. The first-order chi connectivity index (χ1) is 12.7. The van der Waals surface area contributed by atoms with Crippen LogP contribution in [0.15, 0.2) is 59.5 Å². The molecule has 1 nitrogen and oxygen atoms in total. The Bertz CT molecular complexity index is 706. The SMILES string of the molecule is CCCCCCCCSc1ccc(C=CC(=O)c2ccccc2I)cc1. The molecule has 0 amide bonds. The summed E-state index contributed by atoms with van der Waals surface area (Å²) in [7, 11) is 0. The number of hydrogen-bond donors (Lipinski definition) is 0. The van der Waals surface area contributed by atoms with Gasteiger partial charge in [0.1, 0.15) is 0 Å². The van der Waals surface area contributed by atoms with Gasteiger partial charge in [0.25, 0.3) is 0 Å². The molecule has 0 atom stereocenters. The van der Waals surface area contributed by atoms with Crippen molar-refractivity contribution < 1.29 is 4.79 Å². The second-order valence-corrected chi connectivity index (χ2v) is 8.69. The molecule has 0 aliphatic carbocycles. The lowest BCUT2D eigenvalue weighted by molar-refractivity contribution is 0.104. The van der Waals surface area contributed by atoms with Gasteiger partial charge in [-0.25, -0.2) is 0 Å². The van der Waals surface area contributed by atoms with Crippen molar-refractivity contribution in [3.8, 4) is 0 Å². The average Bonchev–Trinajstić information content (AvgIpc) is 2.66. The minimum atomic E-state index is 0.0523. The molecule has 0 aromatic heterocycles. The molecule has 0 saturated carbocycles. The molecular formula is C23H27IOS. The zero-order chi connectivity index (χ0) is 18.6. The largest absolute Gasteiger partial charge is 0.289 e. The fourth-order valence-electron chi connectivity index (χ4n) is 2.67. The summed E-state index contributed by atoms with van der Waals surface area (Å²) in [6, 6.07) is 16.2. The van der Waals surface area contributed by atoms with E-state index in [0.29, 0.717) is 0 Å². The molecule has 0 radical (unpaired) electrons. The van der Waals surface area contributed by atoms with Crippen LogP contribution in [0.25, 0.3) is 6.08 Å². The Balaban J connectivity index is 1.76. The second-order valence-electron chi connectivity index (χ2n) is 6.36. The van der Waals surface area contributed by atoms with Crippen LogP contribution in [-0.2, 0) is 0 Å². The van der Waals surface area contributed by atoms with Crippen LogP contribution in [0, 0.1) is 3.57 Å². The van der Waals surface area contributed by atoms with E-state index in [1.807, 2.05) is 42.1 Å². The van der Waals surface area contributed by atoms with Gasteiger partial charge in [-0.1, -0.05) is 69.4 Å². The Hall–Kier alpha value is -1.07. The van der Waals surface area contributed by atoms with E-state index in [1.165, 1.54) is 49.2 Å². The molecule has 0 aliphatic heterocycles. The summed E-state index contributed by atoms with van der Waals surface area (Å²) in [5.74, 6) is 1.24. The van der Waals surface area contributed by atoms with Crippen molar-refractivity contribution in [2.75, 3.05) is 5.75 Å². The first kappa shape index (κ1) is 21.2. The number of hydrogen-bond acceptors (Lipinski definition) is 2. The maximum absolute atomic E-state index is 12.3. The monoisotopic (exact) mass is 478 g/mol. The van der Waals surface area contributed by atoms with Gasteiger partial charge < -0.3 is 0 Å². The van der Waals surface area contributed by atoms with Gasteiger partial charge in [0, 0.05) is 14.0 Å². The quantitative estimate of drug-likeness (QED) is 0.109. The number of allylic oxidation sites excluding steroid dienone is 1. The van der Waals surface area contributed by atoms with Crippen LogP contribution in [0.5, 0.6) is 0 Å². The third kappa shape index (κ3) is 7.67. The molecule has 0 saturated heterocycles. The Morgan fingerprint density at radius 3 is 2.38 bits per heavy atom. The maximum Gasteiger partial charge on any atom is 0.186 e. The summed E-state index contributed by atoms with van der Waals surface area (Å²) in [5, 5.41) is 0. The lowest BCUT2D eigenvalue weighted by atomic mass is 10.1. The second kappa shape index (κ2) is 12.3. The summed E-state index contributed by atoms with van der Waals surface area (Å²) in [6.07, 6.45) is 11.6. The molecular weight excluding hydrogens is 451 g/mol. The lowest BCUT2D eigenvalue weighted by Gasteiger charge is -2.03. The first-order valence-corrected chi connectivity index (χ1v) is 11.5. The first-order valence-electron chi connectivity index (χ1n) is 9.40. The standard InChI is InChI=1S/C23H27IOS/c1-2-3-4-5-6-9-18-26-20-15-12-19(13-16-20)14-17-23(25)21-10-7-8-11-22(21)24/h7-8,10-17H,2-6,9,18H2,1H3. The molecule has 0 heterocycles. The molecule has 0 bridgehead atoms. The van der Waals surface area contributed by atoms with Crippen LogP contribution < -0.4 is 0 Å². The summed E-state index contributed by atoms with van der Waals surface area (Å²) in [4.78, 5) is 13.6. The van der Waals surface area contributed by atoms with Crippen molar-refractivity contribution in [3.05, 3.63) is 69.3 Å². The van der Waals surface area contributed by atoms with E-state index in [9.17, 15) is 4.79 Å². The van der Waals surface area contributed by atoms with Crippen molar-refractivity contribution >= 4 is 46.2 Å². The van der Waals surface area contributed by atoms with Gasteiger partial charge in [-0.2, -0.15) is 0 Å². The summed E-state index contributed by atoms with van der Waals surface area (Å²) >= 11 is 4.13. The van der Waals surface area contributed by atoms with Gasteiger partial charge in [-0.15, -0.1) is 11.8 Å². The van der Waals surface area contributed by atoms with Gasteiger partial charge in [-0.05, 0) is 70.7 Å². The van der Waals surface area contributed by atoms with Crippen LogP contribution in [0.2, 0.25) is 0 Å². The van der Waals surface area contributed by atoms with E-state index < -0.39 is 0 Å². The van der Waals surface area contributed by atoms with E-state index >= 15 is 0 Å². The van der Waals surface area contributed by atoms with Gasteiger partial charge in [0.05, 0.1) is 0 Å². The van der Waals surface area contributed by atoms with Gasteiger partial charge in [-0.3, -0.25) is 4.79 Å². The number of ketones is 1. The van der Waals surface area contributed by atoms with Crippen molar-refractivity contribution in [2.45, 2.75) is 50.3 Å². The fourth-order valence-corrected chi connectivity index (χ4v) is 4.24. The predicted molar refractivity (Wildman–Crippen MR) is 123 cm³/mol. The van der Waals surface area contributed by atoms with Gasteiger partial charge in [0.15, 0.2) is 5.78 Å². The Kier molecular flexibility index (Phi) is 10.1. The minimum Gasteiger partial charge on any atom is -0.289 e. The molecule has 2 aromatic carbocycles.